The van der Waals surface area contributed by atoms with Crippen LogP contribution in [0.5, 0.6) is 0 Å². The Labute approximate surface area is 658 Å². The van der Waals surface area contributed by atoms with Crippen molar-refractivity contribution in [3.05, 3.63) is 245 Å². The molecule has 49 heteroatoms. The maximum atomic E-state index is 11.9. The fraction of sp³-hybridized carbons (Fsp3) is 0.182. The number of carboxylic acid groups (broad SMARTS) is 2. The minimum Gasteiger partial charge on any atom is -0.476 e. The average Bonchev–Trinajstić information content (AvgIpc) is 1.68. The Morgan fingerprint density at radius 2 is 0.748 bits per heavy atom. The molecule has 0 atom stereocenters. The van der Waals surface area contributed by atoms with Crippen LogP contribution in [0, 0.1) is 20.8 Å². The summed E-state index contributed by atoms with van der Waals surface area (Å²) in [5.41, 5.74) is 2.50. The number of hydrogen-bond acceptors (Lipinski definition) is 33. The molecular formula is C66H63ClN24O20S4. The molecule has 44 nitrogen and oxygen atoms in total. The molecule has 15 aromatic rings. The second-order valence-electron chi connectivity index (χ2n) is 21.9. The quantitative estimate of drug-likeness (QED) is 0.0370. The summed E-state index contributed by atoms with van der Waals surface area (Å²) in [6.07, 6.45) is 9.93. The Morgan fingerprint density at radius 1 is 0.426 bits per heavy atom. The van der Waals surface area contributed by atoms with Crippen LogP contribution in [-0.4, -0.2) is 206 Å². The summed E-state index contributed by atoms with van der Waals surface area (Å²) in [5.74, 6) is -3.10. The van der Waals surface area contributed by atoms with Crippen LogP contribution in [0.25, 0.3) is 54.4 Å². The largest absolute Gasteiger partial charge is 0.476 e. The molecule has 0 saturated heterocycles. The standard InChI is InChI=1S/C12H10N4O3S.C11H12N4O3.C10H6N4O3S.C9H8N4O3.C6H3ClN2OS.C6H8N2O3S.2C6H8N2O2/c1-2-19-11(18)8-3-5-16(15-8)12-13-7-4-6-20-9(7)10(17)14-12;1-3-18-10(17)8-4-5-15(14-8)11-12-7(2)6-9(16)13-11;15-8-7-5(2-4-18-7)11-10(12-8)14-3-1-6(13-14)9(16)17;1-5-4-7(14)11-9(10-5)13-3-2-6(12-13)8(15)16;7-6-8-3-1-2-11-4(3)5(10)9-6;1-4-3-5(9)8-6(7-4)12(2,10)11;2*1-2-10-6(9)5-3-4-7-8-5/h3-6H,2H2,1H3,(H,13,14,17);4-6H,3H2,1-2H3,(H,12,13,16);1-4H,(H,16,17)(H,11,12,15);2-4H,1H3,(H,15,16)(H,10,11,14);1-2H,(H,8,9,10);3H,1-2H3,(H,7,8,9);2*3-4H,2H2,1H3,(H,7,8). The van der Waals surface area contributed by atoms with E-state index in [0.717, 1.165) is 6.26 Å². The van der Waals surface area contributed by atoms with Crippen molar-refractivity contribution in [1.82, 2.24) is 119 Å². The number of sulfone groups is 1. The number of hydrogen-bond donors (Lipinski definition) is 10. The van der Waals surface area contributed by atoms with Gasteiger partial charge in [-0.25, -0.2) is 85.8 Å². The number of H-pyrrole nitrogens is 8. The van der Waals surface area contributed by atoms with Crippen molar-refractivity contribution in [2.45, 2.75) is 53.6 Å². The third-order valence-corrected chi connectivity index (χ3v) is 17.2. The molecule has 0 unspecified atom stereocenters. The van der Waals surface area contributed by atoms with E-state index in [9.17, 15) is 66.0 Å². The van der Waals surface area contributed by atoms with Crippen LogP contribution < -0.4 is 33.4 Å². The second-order valence-corrected chi connectivity index (χ2v) is 27.0. The van der Waals surface area contributed by atoms with E-state index in [1.165, 1.54) is 126 Å². The van der Waals surface area contributed by atoms with Crippen molar-refractivity contribution in [3.63, 3.8) is 0 Å². The maximum Gasteiger partial charge on any atom is 0.358 e. The zero-order chi connectivity index (χ0) is 83.6. The predicted octanol–water partition coefficient (Wildman–Crippen LogP) is 4.91. The molecule has 115 heavy (non-hydrogen) atoms. The topological polar surface area (TPSA) is 617 Å². The molecule has 0 aromatic carbocycles. The molecule has 15 rings (SSSR count). The first-order chi connectivity index (χ1) is 54.8. The van der Waals surface area contributed by atoms with E-state index in [2.05, 4.69) is 110 Å². The number of aromatic carboxylic acids is 2. The number of esters is 4. The molecule has 0 aliphatic heterocycles. The van der Waals surface area contributed by atoms with E-state index < -0.39 is 39.3 Å². The van der Waals surface area contributed by atoms with E-state index >= 15 is 0 Å². The minimum absolute atomic E-state index is 0.107. The number of carbonyl (C=O) groups excluding carboxylic acids is 4. The third-order valence-electron chi connectivity index (χ3n) is 13.4. The van der Waals surface area contributed by atoms with Gasteiger partial charge in [-0.2, -0.15) is 30.6 Å². The lowest BCUT2D eigenvalue weighted by Gasteiger charge is -2.00. The summed E-state index contributed by atoms with van der Waals surface area (Å²) in [5, 5.41) is 50.5. The van der Waals surface area contributed by atoms with Crippen LogP contribution in [0.1, 0.15) is 108 Å². The van der Waals surface area contributed by atoms with Crippen LogP contribution in [0.15, 0.2) is 160 Å². The highest BCUT2D eigenvalue weighted by Gasteiger charge is 2.18. The van der Waals surface area contributed by atoms with E-state index in [0.29, 0.717) is 72.3 Å². The Balaban J connectivity index is 0.000000166. The SMILES string of the molecule is CCOC(=O)c1ccn(-c2nc(C)cc(=O)[nH]2)n1.CCOC(=O)c1ccn(-c2nc3ccsc3c(=O)[nH]2)n1.CCOC(=O)c1ccn[nH]1.CCOC(=O)c1ccn[nH]1.Cc1cc(=O)[nH]c(-n2ccc(C(=O)O)n2)n1.Cc1cc(=O)[nH]c(S(C)(=O)=O)n1.O=C(O)c1ccn(-c2nc3ccsc3c(=O)[nH]2)n1.O=c1[nH]c(Cl)nc2ccsc12. The number of aromatic nitrogens is 24. The number of rotatable bonds is 15. The fourth-order valence-electron chi connectivity index (χ4n) is 8.63. The highest BCUT2D eigenvalue weighted by molar-refractivity contribution is 7.90. The number of carbonyl (C=O) groups is 6. The van der Waals surface area contributed by atoms with Gasteiger partial charge in [-0.3, -0.25) is 68.9 Å². The van der Waals surface area contributed by atoms with E-state index in [1.807, 2.05) is 5.38 Å². The van der Waals surface area contributed by atoms with Crippen molar-refractivity contribution in [2.75, 3.05) is 32.7 Å². The highest BCUT2D eigenvalue weighted by atomic mass is 35.5. The lowest BCUT2D eigenvalue weighted by atomic mass is 10.4. The Kier molecular flexibility index (Phi) is 30.3. The van der Waals surface area contributed by atoms with Crippen molar-refractivity contribution in [1.29, 1.82) is 0 Å². The van der Waals surface area contributed by atoms with Crippen molar-refractivity contribution >= 4 is 122 Å². The molecule has 0 aliphatic carbocycles. The molecule has 0 radical (unpaired) electrons. The normalized spacial score (nSPS) is 10.5. The first-order valence-corrected chi connectivity index (χ1v) is 37.7. The molecule has 598 valence electrons. The molecule has 0 spiro atoms. The van der Waals surface area contributed by atoms with Gasteiger partial charge in [-0.15, -0.1) is 34.0 Å². The third kappa shape index (κ3) is 24.7. The lowest BCUT2D eigenvalue weighted by molar-refractivity contribution is 0.0509. The van der Waals surface area contributed by atoms with Gasteiger partial charge < -0.3 is 29.2 Å². The lowest BCUT2D eigenvalue weighted by Crippen LogP contribution is -2.14. The first kappa shape index (κ1) is 86.1. The van der Waals surface area contributed by atoms with E-state index in [1.54, 1.807) is 95.8 Å². The molecule has 0 amide bonds. The monoisotopic (exact) mass is 1670 g/mol. The summed E-state index contributed by atoms with van der Waals surface area (Å²) < 4.78 is 47.6. The summed E-state index contributed by atoms with van der Waals surface area (Å²) in [6.45, 7) is 13.2. The van der Waals surface area contributed by atoms with Gasteiger partial charge >= 0.3 is 35.8 Å². The molecule has 15 heterocycles. The molecule has 0 aliphatic rings. The van der Waals surface area contributed by atoms with Crippen LogP contribution >= 0.6 is 45.6 Å². The number of nitrogens with one attached hydrogen (secondary N) is 8. The molecular weight excluding hydrogens is 1610 g/mol. The van der Waals surface area contributed by atoms with Crippen LogP contribution in [0.3, 0.4) is 0 Å². The number of nitrogens with zero attached hydrogens (tertiary/aromatic N) is 16. The zero-order valence-corrected chi connectivity index (χ0v) is 64.9. The van der Waals surface area contributed by atoms with Crippen molar-refractivity contribution in [3.8, 4) is 23.8 Å². The van der Waals surface area contributed by atoms with Crippen LogP contribution in [0.4, 0.5) is 0 Å². The molecule has 10 N–H and O–H groups in total. The second kappa shape index (κ2) is 40.4. The van der Waals surface area contributed by atoms with Gasteiger partial charge in [-0.05, 0) is 131 Å². The summed E-state index contributed by atoms with van der Waals surface area (Å²) in [7, 11) is -3.41. The number of fused-ring (bicyclic) bond motifs is 3. The number of aromatic amines is 8. The van der Waals surface area contributed by atoms with Crippen molar-refractivity contribution < 1.29 is 66.3 Å². The van der Waals surface area contributed by atoms with Crippen LogP contribution in [-0.2, 0) is 28.8 Å². The number of thiophene rings is 3. The van der Waals surface area contributed by atoms with E-state index in [4.69, 9.17) is 31.3 Å². The Morgan fingerprint density at radius 3 is 1.07 bits per heavy atom. The van der Waals surface area contributed by atoms with Gasteiger partial charge in [0.2, 0.25) is 44.1 Å². The van der Waals surface area contributed by atoms with Gasteiger partial charge in [0.1, 0.15) is 25.5 Å². The molecule has 0 bridgehead atoms. The Hall–Kier alpha value is -14.5. The number of ether oxygens (including phenoxy) is 4. The molecule has 0 fully saturated rings. The highest BCUT2D eigenvalue weighted by Crippen LogP contribution is 2.18. The van der Waals surface area contributed by atoms with Gasteiger partial charge in [0.25, 0.3) is 33.4 Å². The molecule has 15 aromatic heterocycles. The van der Waals surface area contributed by atoms with Gasteiger partial charge in [0, 0.05) is 78.7 Å². The Bertz CT molecular complexity index is 6350. The average molecular weight is 1680 g/mol. The molecule has 0 saturated carbocycles. The fourth-order valence-corrected chi connectivity index (χ4v) is 11.6. The summed E-state index contributed by atoms with van der Waals surface area (Å²) >= 11 is 9.50. The summed E-state index contributed by atoms with van der Waals surface area (Å²) in [6, 6.07) is 18.0. The van der Waals surface area contributed by atoms with Gasteiger partial charge in [-0.1, -0.05) is 0 Å². The number of aryl methyl sites for hydroxylation is 3. The first-order valence-electron chi connectivity index (χ1n) is 32.7. The summed E-state index contributed by atoms with van der Waals surface area (Å²) in [4.78, 5) is 173. The van der Waals surface area contributed by atoms with E-state index in [-0.39, 0.29) is 110 Å². The maximum absolute atomic E-state index is 11.9. The minimum atomic E-state index is -3.41. The number of carboxylic acids is 2. The van der Waals surface area contributed by atoms with Crippen molar-refractivity contribution in [2.24, 2.45) is 0 Å². The van der Waals surface area contributed by atoms with Gasteiger partial charge in [0.05, 0.1) is 43.0 Å². The zero-order valence-electron chi connectivity index (χ0n) is 60.9. The van der Waals surface area contributed by atoms with Crippen LogP contribution in [0.2, 0.25) is 5.28 Å². The predicted molar refractivity (Wildman–Crippen MR) is 411 cm³/mol. The van der Waals surface area contributed by atoms with Gasteiger partial charge in [0.15, 0.2) is 22.8 Å². The number of halogens is 1. The smallest absolute Gasteiger partial charge is 0.358 e.